The largest absolute Gasteiger partial charge is 0.480 e. The molecular formula is C17H16N2O3S. The molecule has 0 aliphatic rings. The average Bonchev–Trinajstić information content (AvgIpc) is 3.19. The molecule has 6 heteroatoms. The monoisotopic (exact) mass is 328 g/mol. The molecule has 5 nitrogen and oxygen atoms in total. The highest BCUT2D eigenvalue weighted by atomic mass is 32.1. The molecular weight excluding hydrogens is 312 g/mol. The minimum absolute atomic E-state index is 0.0467. The molecule has 1 aromatic carbocycles. The van der Waals surface area contributed by atoms with Crippen molar-refractivity contribution in [2.45, 2.75) is 26.3 Å². The van der Waals surface area contributed by atoms with Crippen LogP contribution in [-0.2, 0) is 4.79 Å². The molecule has 0 saturated heterocycles. The molecule has 0 aliphatic carbocycles. The van der Waals surface area contributed by atoms with Gasteiger partial charge in [-0.1, -0.05) is 13.0 Å². The van der Waals surface area contributed by atoms with E-state index >= 15 is 0 Å². The van der Waals surface area contributed by atoms with Gasteiger partial charge in [-0.15, -0.1) is 11.3 Å². The zero-order valence-electron chi connectivity index (χ0n) is 12.8. The predicted molar refractivity (Wildman–Crippen MR) is 90.0 cm³/mol. The van der Waals surface area contributed by atoms with E-state index in [1.807, 2.05) is 24.4 Å². The molecule has 2 aromatic heterocycles. The predicted octanol–water partition coefficient (Wildman–Crippen LogP) is 4.00. The quantitative estimate of drug-likeness (QED) is 0.718. The molecule has 1 unspecified atom stereocenters. The van der Waals surface area contributed by atoms with Gasteiger partial charge in [-0.05, 0) is 36.6 Å². The van der Waals surface area contributed by atoms with Gasteiger partial charge in [0.05, 0.1) is 15.9 Å². The maximum atomic E-state index is 11.9. The molecule has 118 valence electrons. The summed E-state index contributed by atoms with van der Waals surface area (Å²) in [5.41, 5.74) is 1.96. The summed E-state index contributed by atoms with van der Waals surface area (Å²) in [6.45, 7) is 3.44. The van der Waals surface area contributed by atoms with Crippen LogP contribution in [0.3, 0.4) is 0 Å². The zero-order valence-corrected chi connectivity index (χ0v) is 13.6. The molecule has 2 heterocycles. The Bertz CT molecular complexity index is 881. The van der Waals surface area contributed by atoms with Gasteiger partial charge >= 0.3 is 5.97 Å². The van der Waals surface area contributed by atoms with E-state index in [2.05, 4.69) is 4.98 Å². The summed E-state index contributed by atoms with van der Waals surface area (Å²) in [4.78, 5) is 28.9. The van der Waals surface area contributed by atoms with E-state index in [0.29, 0.717) is 23.3 Å². The number of carboxylic acid groups (broad SMARTS) is 1. The Morgan fingerprint density at radius 2 is 2.13 bits per heavy atom. The topological polar surface area (TPSA) is 72.2 Å². The van der Waals surface area contributed by atoms with Crippen LogP contribution in [0.25, 0.3) is 21.7 Å². The highest BCUT2D eigenvalue weighted by molar-refractivity contribution is 7.13. The number of benzene rings is 1. The lowest BCUT2D eigenvalue weighted by molar-refractivity contribution is -0.140. The number of hydrogen-bond donors (Lipinski definition) is 1. The first kappa shape index (κ1) is 15.4. The first-order valence-corrected chi connectivity index (χ1v) is 8.22. The highest BCUT2D eigenvalue weighted by Crippen LogP contribution is 2.31. The summed E-state index contributed by atoms with van der Waals surface area (Å²) in [7, 11) is 0. The van der Waals surface area contributed by atoms with Gasteiger partial charge < -0.3 is 9.67 Å². The fraction of sp³-hybridized carbons (Fsp3) is 0.235. The van der Waals surface area contributed by atoms with Gasteiger partial charge in [-0.2, -0.15) is 0 Å². The minimum Gasteiger partial charge on any atom is -0.480 e. The molecule has 0 fully saturated rings. The minimum atomic E-state index is -0.921. The van der Waals surface area contributed by atoms with Crippen LogP contribution in [-0.4, -0.2) is 26.4 Å². The van der Waals surface area contributed by atoms with E-state index in [9.17, 15) is 14.7 Å². The Hall–Kier alpha value is -2.47. The maximum Gasteiger partial charge on any atom is 0.326 e. The molecule has 3 rings (SSSR count). The number of carboxylic acids is 1. The number of imidazole rings is 1. The molecule has 0 bridgehead atoms. The fourth-order valence-electron chi connectivity index (χ4n) is 2.56. The number of Topliss-reactive ketones (excluding diaryl/α,β-unsaturated/α-hetero) is 1. The van der Waals surface area contributed by atoms with Gasteiger partial charge in [-0.25, -0.2) is 9.78 Å². The molecule has 0 radical (unpaired) electrons. The van der Waals surface area contributed by atoms with Gasteiger partial charge in [0, 0.05) is 12.0 Å². The molecule has 0 amide bonds. The molecule has 0 aliphatic heterocycles. The Balaban J connectivity index is 2.26. The first-order chi connectivity index (χ1) is 11.0. The third-order valence-corrected chi connectivity index (χ3v) is 4.68. The van der Waals surface area contributed by atoms with Gasteiger partial charge in [0.15, 0.2) is 11.6 Å². The summed E-state index contributed by atoms with van der Waals surface area (Å²) < 4.78 is 1.71. The Kier molecular flexibility index (Phi) is 4.00. The van der Waals surface area contributed by atoms with Crippen LogP contribution < -0.4 is 0 Å². The van der Waals surface area contributed by atoms with Gasteiger partial charge in [-0.3, -0.25) is 4.79 Å². The van der Waals surface area contributed by atoms with Crippen LogP contribution >= 0.6 is 11.3 Å². The number of fused-ring (bicyclic) bond motifs is 1. The van der Waals surface area contributed by atoms with E-state index < -0.39 is 12.0 Å². The Morgan fingerprint density at radius 3 is 2.74 bits per heavy atom. The van der Waals surface area contributed by atoms with Crippen LogP contribution in [0, 0.1) is 0 Å². The van der Waals surface area contributed by atoms with E-state index in [1.54, 1.807) is 29.7 Å². The number of ketones is 1. The lowest BCUT2D eigenvalue weighted by atomic mass is 10.1. The van der Waals surface area contributed by atoms with Crippen molar-refractivity contribution in [2.24, 2.45) is 0 Å². The molecule has 0 spiro atoms. The van der Waals surface area contributed by atoms with Crippen LogP contribution in [0.15, 0.2) is 35.7 Å². The summed E-state index contributed by atoms with van der Waals surface area (Å²) in [6, 6.07) is 8.32. The third kappa shape index (κ3) is 2.66. The number of carbonyl (C=O) groups excluding carboxylic acids is 1. The number of rotatable bonds is 5. The van der Waals surface area contributed by atoms with Crippen molar-refractivity contribution in [3.8, 4) is 10.7 Å². The summed E-state index contributed by atoms with van der Waals surface area (Å²) in [5, 5.41) is 11.3. The molecule has 23 heavy (non-hydrogen) atoms. The lowest BCUT2D eigenvalue weighted by Crippen LogP contribution is -2.16. The second-order valence-corrected chi connectivity index (χ2v) is 6.22. The highest BCUT2D eigenvalue weighted by Gasteiger charge is 2.22. The normalized spacial score (nSPS) is 12.4. The Morgan fingerprint density at radius 1 is 1.35 bits per heavy atom. The molecule has 3 aromatic rings. The lowest BCUT2D eigenvalue weighted by Gasteiger charge is -2.12. The van der Waals surface area contributed by atoms with Crippen molar-refractivity contribution < 1.29 is 14.7 Å². The van der Waals surface area contributed by atoms with Crippen molar-refractivity contribution >= 4 is 34.1 Å². The van der Waals surface area contributed by atoms with E-state index in [4.69, 9.17) is 0 Å². The standard InChI is InChI=1S/C17H16N2O3S/c1-3-14(20)11-6-7-13-12(9-11)18-16(15-5-4-8-23-15)19(13)10(2)17(21)22/h4-10H,3H2,1-2H3,(H,21,22). The Labute approximate surface area is 137 Å². The number of nitrogens with zero attached hydrogens (tertiary/aromatic N) is 2. The van der Waals surface area contributed by atoms with Crippen molar-refractivity contribution in [3.05, 3.63) is 41.3 Å². The number of carbonyl (C=O) groups is 2. The maximum absolute atomic E-state index is 11.9. The fourth-order valence-corrected chi connectivity index (χ4v) is 3.27. The van der Waals surface area contributed by atoms with Crippen molar-refractivity contribution in [2.75, 3.05) is 0 Å². The van der Waals surface area contributed by atoms with E-state index in [0.717, 1.165) is 10.4 Å². The number of thiophene rings is 1. The smallest absolute Gasteiger partial charge is 0.326 e. The summed E-state index contributed by atoms with van der Waals surface area (Å²) >= 11 is 1.51. The summed E-state index contributed by atoms with van der Waals surface area (Å²) in [6.07, 6.45) is 0.426. The zero-order chi connectivity index (χ0) is 16.6. The number of aliphatic carboxylic acids is 1. The van der Waals surface area contributed by atoms with Crippen LogP contribution in [0.5, 0.6) is 0 Å². The number of aromatic nitrogens is 2. The molecule has 1 N–H and O–H groups in total. The van der Waals surface area contributed by atoms with Crippen LogP contribution in [0.1, 0.15) is 36.7 Å². The number of hydrogen-bond acceptors (Lipinski definition) is 4. The van der Waals surface area contributed by atoms with Crippen LogP contribution in [0.4, 0.5) is 0 Å². The van der Waals surface area contributed by atoms with Gasteiger partial charge in [0.25, 0.3) is 0 Å². The van der Waals surface area contributed by atoms with Crippen molar-refractivity contribution in [1.29, 1.82) is 0 Å². The first-order valence-electron chi connectivity index (χ1n) is 7.34. The average molecular weight is 328 g/mol. The second-order valence-electron chi connectivity index (χ2n) is 5.28. The van der Waals surface area contributed by atoms with Crippen molar-refractivity contribution in [3.63, 3.8) is 0 Å². The SMILES string of the molecule is CCC(=O)c1ccc2c(c1)nc(-c1cccs1)n2C(C)C(=O)O. The summed E-state index contributed by atoms with van der Waals surface area (Å²) in [5.74, 6) is -0.257. The van der Waals surface area contributed by atoms with E-state index in [-0.39, 0.29) is 5.78 Å². The van der Waals surface area contributed by atoms with Crippen molar-refractivity contribution in [1.82, 2.24) is 9.55 Å². The van der Waals surface area contributed by atoms with Gasteiger partial charge in [0.1, 0.15) is 6.04 Å². The second kappa shape index (κ2) is 5.96. The van der Waals surface area contributed by atoms with Crippen LogP contribution in [0.2, 0.25) is 0 Å². The third-order valence-electron chi connectivity index (χ3n) is 3.82. The van der Waals surface area contributed by atoms with Gasteiger partial charge in [0.2, 0.25) is 0 Å². The van der Waals surface area contributed by atoms with E-state index in [1.165, 1.54) is 11.3 Å². The molecule has 0 saturated carbocycles. The molecule has 1 atom stereocenters.